The topological polar surface area (TPSA) is 93.7 Å². The lowest BCUT2D eigenvalue weighted by Gasteiger charge is -2.21. The van der Waals surface area contributed by atoms with Crippen molar-refractivity contribution in [3.05, 3.63) is 0 Å². The molecule has 2 N–H and O–H groups in total. The van der Waals surface area contributed by atoms with E-state index in [1.165, 1.54) is 0 Å². The van der Waals surface area contributed by atoms with E-state index >= 15 is 0 Å². The Bertz CT molecular complexity index is 364. The quantitative estimate of drug-likeness (QED) is 0.747. The van der Waals surface area contributed by atoms with Crippen LogP contribution in [0.4, 0.5) is 4.79 Å². The van der Waals surface area contributed by atoms with Crippen molar-refractivity contribution >= 4 is 16.3 Å². The van der Waals surface area contributed by atoms with Gasteiger partial charge in [0.2, 0.25) is 0 Å². The van der Waals surface area contributed by atoms with Crippen molar-refractivity contribution in [1.29, 1.82) is 0 Å². The number of hydrogen-bond donors (Lipinski definition) is 2. The highest BCUT2D eigenvalue weighted by molar-refractivity contribution is 7.87. The van der Waals surface area contributed by atoms with Crippen LogP contribution in [0.25, 0.3) is 0 Å². The van der Waals surface area contributed by atoms with E-state index in [-0.39, 0.29) is 0 Å². The first-order chi connectivity index (χ1) is 7.31. The Kier molecular flexibility index (Phi) is 4.93. The summed E-state index contributed by atoms with van der Waals surface area (Å²) < 4.78 is 29.1. The first-order valence-corrected chi connectivity index (χ1v) is 6.50. The van der Waals surface area contributed by atoms with Crippen molar-refractivity contribution in [1.82, 2.24) is 9.61 Å². The minimum Gasteiger partial charge on any atom is -0.443 e. The molecule has 102 valence electrons. The van der Waals surface area contributed by atoms with Gasteiger partial charge in [-0.3, -0.25) is 4.84 Å². The first-order valence-electron chi connectivity index (χ1n) is 5.01. The molecule has 0 radical (unpaired) electrons. The molecule has 0 bridgehead atoms. The first kappa shape index (κ1) is 16.1. The van der Waals surface area contributed by atoms with Crippen molar-refractivity contribution in [2.75, 3.05) is 0 Å². The molecule has 0 aromatic heterocycles. The highest BCUT2D eigenvalue weighted by Crippen LogP contribution is 2.07. The predicted octanol–water partition coefficient (Wildman–Crippen LogP) is 1.08. The van der Waals surface area contributed by atoms with Gasteiger partial charge in [0.1, 0.15) is 5.60 Å². The molecule has 0 aliphatic rings. The van der Waals surface area contributed by atoms with Crippen molar-refractivity contribution in [2.45, 2.75) is 52.7 Å². The monoisotopic (exact) mass is 268 g/mol. The molecule has 8 heteroatoms. The predicted molar refractivity (Wildman–Crippen MR) is 62.3 cm³/mol. The molecule has 0 aliphatic heterocycles. The van der Waals surface area contributed by atoms with Crippen LogP contribution in [-0.2, 0) is 19.8 Å². The SMILES string of the molecule is CC(C)(C)ONS(=O)(=O)NC(=O)OC(C)(C)C. The van der Waals surface area contributed by atoms with Gasteiger partial charge in [-0.05, 0) is 41.5 Å². The maximum Gasteiger partial charge on any atom is 0.422 e. The molecule has 0 aromatic rings. The van der Waals surface area contributed by atoms with Crippen LogP contribution < -0.4 is 9.61 Å². The van der Waals surface area contributed by atoms with E-state index in [1.54, 1.807) is 51.1 Å². The van der Waals surface area contributed by atoms with Gasteiger partial charge in [0.15, 0.2) is 0 Å². The zero-order chi connectivity index (χ0) is 13.9. The summed E-state index contributed by atoms with van der Waals surface area (Å²) in [6, 6.07) is 0. The van der Waals surface area contributed by atoms with E-state index in [0.717, 1.165) is 0 Å². The van der Waals surface area contributed by atoms with Crippen LogP contribution in [-0.4, -0.2) is 25.7 Å². The van der Waals surface area contributed by atoms with Crippen LogP contribution in [0.5, 0.6) is 0 Å². The third-order valence-electron chi connectivity index (χ3n) is 1.07. The minimum atomic E-state index is -4.08. The molecule has 0 saturated heterocycles. The molecule has 1 amide bonds. The van der Waals surface area contributed by atoms with Crippen molar-refractivity contribution in [3.63, 3.8) is 0 Å². The highest BCUT2D eigenvalue weighted by atomic mass is 32.2. The zero-order valence-electron chi connectivity index (χ0n) is 10.9. The molecule has 0 rings (SSSR count). The van der Waals surface area contributed by atoms with Gasteiger partial charge in [0, 0.05) is 0 Å². The molecule has 0 aromatic carbocycles. The summed E-state index contributed by atoms with van der Waals surface area (Å²) in [5, 5.41) is 0. The smallest absolute Gasteiger partial charge is 0.422 e. The lowest BCUT2D eigenvalue weighted by Crippen LogP contribution is -2.45. The van der Waals surface area contributed by atoms with Gasteiger partial charge >= 0.3 is 16.3 Å². The standard InChI is InChI=1S/C9H20N2O5S/c1-8(2,3)15-7(12)10-17(13,14)11-16-9(4,5)6/h11H,1-6H3,(H,10,12). The molecule has 0 heterocycles. The van der Waals surface area contributed by atoms with Crippen molar-refractivity contribution < 1.29 is 22.8 Å². The number of carbonyl (C=O) groups is 1. The largest absolute Gasteiger partial charge is 0.443 e. The third kappa shape index (κ3) is 10.0. The number of nitrogens with one attached hydrogen (secondary N) is 2. The number of ether oxygens (including phenoxy) is 1. The van der Waals surface area contributed by atoms with E-state index in [1.807, 2.05) is 0 Å². The number of hydrogen-bond acceptors (Lipinski definition) is 5. The Morgan fingerprint density at radius 3 is 1.82 bits per heavy atom. The number of carbonyl (C=O) groups excluding carboxylic acids is 1. The molecule has 0 spiro atoms. The molecular weight excluding hydrogens is 248 g/mol. The Balaban J connectivity index is 4.33. The fourth-order valence-corrected chi connectivity index (χ4v) is 1.27. The van der Waals surface area contributed by atoms with Gasteiger partial charge in [-0.15, -0.1) is 0 Å². The van der Waals surface area contributed by atoms with E-state index in [4.69, 9.17) is 9.57 Å². The van der Waals surface area contributed by atoms with Crippen LogP contribution in [0.2, 0.25) is 0 Å². The van der Waals surface area contributed by atoms with Crippen LogP contribution >= 0.6 is 0 Å². The Morgan fingerprint density at radius 2 is 1.47 bits per heavy atom. The van der Waals surface area contributed by atoms with Crippen LogP contribution in [0, 0.1) is 0 Å². The van der Waals surface area contributed by atoms with Crippen LogP contribution in [0.15, 0.2) is 0 Å². The van der Waals surface area contributed by atoms with Gasteiger partial charge in [-0.25, -0.2) is 9.52 Å². The van der Waals surface area contributed by atoms with Crippen LogP contribution in [0.1, 0.15) is 41.5 Å². The maximum absolute atomic E-state index is 11.3. The fourth-order valence-electron chi connectivity index (χ4n) is 0.609. The second-order valence-electron chi connectivity index (χ2n) is 5.41. The molecular formula is C9H20N2O5S. The number of amides is 1. The summed E-state index contributed by atoms with van der Waals surface area (Å²) in [6.45, 7) is 9.84. The second kappa shape index (κ2) is 5.19. The summed E-state index contributed by atoms with van der Waals surface area (Å²) >= 11 is 0. The van der Waals surface area contributed by atoms with Gasteiger partial charge in [0.05, 0.1) is 5.60 Å². The van der Waals surface area contributed by atoms with E-state index < -0.39 is 27.5 Å². The van der Waals surface area contributed by atoms with Crippen LogP contribution in [0.3, 0.4) is 0 Å². The summed E-state index contributed by atoms with van der Waals surface area (Å²) in [6.07, 6.45) is -1.07. The Morgan fingerprint density at radius 1 is 1.00 bits per heavy atom. The van der Waals surface area contributed by atoms with Crippen molar-refractivity contribution in [3.8, 4) is 0 Å². The average molecular weight is 268 g/mol. The van der Waals surface area contributed by atoms with Gasteiger partial charge in [-0.2, -0.15) is 8.42 Å². The van der Waals surface area contributed by atoms with Crippen molar-refractivity contribution in [2.24, 2.45) is 0 Å². The Hall–Kier alpha value is -0.860. The number of rotatable bonds is 3. The lowest BCUT2D eigenvalue weighted by atomic mass is 10.2. The highest BCUT2D eigenvalue weighted by Gasteiger charge is 2.23. The molecule has 0 unspecified atom stereocenters. The molecule has 0 saturated carbocycles. The van der Waals surface area contributed by atoms with E-state index in [0.29, 0.717) is 0 Å². The fraction of sp³-hybridized carbons (Fsp3) is 0.889. The van der Waals surface area contributed by atoms with Gasteiger partial charge in [0.25, 0.3) is 0 Å². The maximum atomic E-state index is 11.3. The summed E-state index contributed by atoms with van der Waals surface area (Å²) in [7, 11) is -4.08. The molecule has 0 atom stereocenters. The molecule has 17 heavy (non-hydrogen) atoms. The average Bonchev–Trinajstić information content (AvgIpc) is 1.94. The third-order valence-corrected chi connectivity index (χ3v) is 1.81. The molecule has 0 aliphatic carbocycles. The summed E-state index contributed by atoms with van der Waals surface area (Å²) in [5.74, 6) is 0. The van der Waals surface area contributed by atoms with Gasteiger partial charge in [-0.1, -0.05) is 4.89 Å². The minimum absolute atomic E-state index is 0.706. The van der Waals surface area contributed by atoms with Gasteiger partial charge < -0.3 is 4.74 Å². The summed E-state index contributed by atoms with van der Waals surface area (Å²) in [5.41, 5.74) is -1.48. The lowest BCUT2D eigenvalue weighted by molar-refractivity contribution is -0.0365. The molecule has 0 fully saturated rings. The van der Waals surface area contributed by atoms with E-state index in [9.17, 15) is 13.2 Å². The zero-order valence-corrected chi connectivity index (χ0v) is 11.8. The van der Waals surface area contributed by atoms with E-state index in [2.05, 4.69) is 0 Å². The molecule has 7 nitrogen and oxygen atoms in total. The second-order valence-corrected chi connectivity index (χ2v) is 6.78. The normalized spacial score (nSPS) is 13.3. The summed E-state index contributed by atoms with van der Waals surface area (Å²) in [4.78, 5) is 17.8. The Labute approximate surface area is 102 Å².